The number of phosphoric acid groups is 1. The van der Waals surface area contributed by atoms with Gasteiger partial charge >= 0.3 is 0 Å². The number of hydrogen-bond acceptors (Lipinski definition) is 6. The molecule has 0 aromatic rings. The van der Waals surface area contributed by atoms with Gasteiger partial charge in [0.05, 0.1) is 39.9 Å². The first-order valence-electron chi connectivity index (χ1n) is 17.1. The first-order valence-corrected chi connectivity index (χ1v) is 18.5. The van der Waals surface area contributed by atoms with E-state index in [1.54, 1.807) is 13.0 Å². The minimum absolute atomic E-state index is 0.00186. The Labute approximate surface area is 259 Å². The van der Waals surface area contributed by atoms with Crippen LogP contribution in [0.3, 0.4) is 0 Å². The lowest BCUT2D eigenvalue weighted by molar-refractivity contribution is -0.870. The fourth-order valence-electron chi connectivity index (χ4n) is 4.70. The Bertz CT molecular complexity index is 713. The van der Waals surface area contributed by atoms with E-state index in [1.807, 2.05) is 27.2 Å². The second kappa shape index (κ2) is 26.6. The van der Waals surface area contributed by atoms with Gasteiger partial charge in [0.15, 0.2) is 0 Å². The predicted molar refractivity (Wildman–Crippen MR) is 173 cm³/mol. The van der Waals surface area contributed by atoms with E-state index in [2.05, 4.69) is 12.2 Å². The number of nitrogens with zero attached hydrogens (tertiary/aromatic N) is 1. The summed E-state index contributed by atoms with van der Waals surface area (Å²) in [7, 11) is 1.25. The van der Waals surface area contributed by atoms with E-state index in [1.165, 1.54) is 103 Å². The second-order valence-electron chi connectivity index (χ2n) is 12.8. The third-order valence-corrected chi connectivity index (χ3v) is 8.53. The summed E-state index contributed by atoms with van der Waals surface area (Å²) in [5.74, 6) is -0.286. The lowest BCUT2D eigenvalue weighted by Gasteiger charge is -2.29. The molecular weight excluding hydrogens is 551 g/mol. The van der Waals surface area contributed by atoms with Crippen molar-refractivity contribution in [2.75, 3.05) is 40.9 Å². The number of aliphatic hydroxyl groups excluding tert-OH is 1. The Morgan fingerprint density at radius 3 is 1.69 bits per heavy atom. The molecule has 1 amide bonds. The minimum Gasteiger partial charge on any atom is -0.756 e. The molecule has 0 rings (SSSR count). The monoisotopic (exact) mass is 618 g/mol. The van der Waals surface area contributed by atoms with Crippen LogP contribution in [-0.4, -0.2) is 68.5 Å². The third kappa shape index (κ3) is 28.0. The van der Waals surface area contributed by atoms with Gasteiger partial charge in [-0.25, -0.2) is 0 Å². The highest BCUT2D eigenvalue weighted by Gasteiger charge is 2.22. The molecule has 42 heavy (non-hydrogen) atoms. The third-order valence-electron chi connectivity index (χ3n) is 7.56. The standard InChI is InChI=1S/C33H67N2O6P/c1-6-8-9-10-11-12-13-14-15-16-17-18-19-20-21-22-23-24-25-26-27-32(36)31(34-33(37)7-2)30-41-42(38,39)40-29-28-35(3,4)5/h26-27,31-32,36H,6-25,28-30H2,1-5H3,(H-,34,37,38,39)/b27-26+. The quantitative estimate of drug-likeness (QED) is 0.0375. The number of quaternary nitrogens is 1. The van der Waals surface area contributed by atoms with E-state index in [-0.39, 0.29) is 25.5 Å². The number of unbranched alkanes of at least 4 members (excludes halogenated alkanes) is 18. The fourth-order valence-corrected chi connectivity index (χ4v) is 5.43. The van der Waals surface area contributed by atoms with Gasteiger partial charge in [-0.1, -0.05) is 135 Å². The summed E-state index contributed by atoms with van der Waals surface area (Å²) in [5, 5.41) is 13.2. The Balaban J connectivity index is 3.95. The number of hydrogen-bond donors (Lipinski definition) is 2. The van der Waals surface area contributed by atoms with E-state index in [0.717, 1.165) is 19.3 Å². The number of aliphatic hydroxyl groups is 1. The number of carbonyl (C=O) groups excluding carboxylic acids is 1. The van der Waals surface area contributed by atoms with Crippen LogP contribution in [0.15, 0.2) is 12.2 Å². The minimum atomic E-state index is -4.54. The molecule has 3 atom stereocenters. The number of amides is 1. The van der Waals surface area contributed by atoms with Crippen molar-refractivity contribution in [1.82, 2.24) is 5.32 Å². The molecule has 0 bridgehead atoms. The van der Waals surface area contributed by atoms with Gasteiger partial charge in [-0.3, -0.25) is 9.36 Å². The van der Waals surface area contributed by atoms with Crippen LogP contribution in [-0.2, 0) is 18.4 Å². The number of phosphoric ester groups is 1. The summed E-state index contributed by atoms with van der Waals surface area (Å²) in [5.41, 5.74) is 0. The summed E-state index contributed by atoms with van der Waals surface area (Å²) in [6, 6.07) is -0.877. The molecule has 250 valence electrons. The van der Waals surface area contributed by atoms with E-state index in [0.29, 0.717) is 11.0 Å². The van der Waals surface area contributed by atoms with E-state index < -0.39 is 20.0 Å². The zero-order chi connectivity index (χ0) is 31.5. The molecule has 8 nitrogen and oxygen atoms in total. The van der Waals surface area contributed by atoms with Crippen LogP contribution >= 0.6 is 7.82 Å². The van der Waals surface area contributed by atoms with E-state index in [9.17, 15) is 19.4 Å². The van der Waals surface area contributed by atoms with Crippen LogP contribution in [0.2, 0.25) is 0 Å². The highest BCUT2D eigenvalue weighted by Crippen LogP contribution is 2.38. The van der Waals surface area contributed by atoms with Gasteiger partial charge in [-0.05, 0) is 12.8 Å². The Hall–Kier alpha value is -0.760. The Morgan fingerprint density at radius 2 is 1.26 bits per heavy atom. The molecule has 0 aliphatic heterocycles. The Morgan fingerprint density at radius 1 is 0.810 bits per heavy atom. The summed E-state index contributed by atoms with van der Waals surface area (Å²) >= 11 is 0. The number of likely N-dealkylation sites (N-methyl/N-ethyl adjacent to an activating group) is 1. The summed E-state index contributed by atoms with van der Waals surface area (Å²) in [6.45, 7) is 4.08. The van der Waals surface area contributed by atoms with E-state index >= 15 is 0 Å². The molecule has 0 aliphatic rings. The largest absolute Gasteiger partial charge is 0.756 e. The lowest BCUT2D eigenvalue weighted by Crippen LogP contribution is -2.45. The van der Waals surface area contributed by atoms with Crippen molar-refractivity contribution in [3.05, 3.63) is 12.2 Å². The zero-order valence-electron chi connectivity index (χ0n) is 28.0. The molecule has 0 saturated heterocycles. The highest BCUT2D eigenvalue weighted by atomic mass is 31.2. The molecule has 0 aromatic heterocycles. The topological polar surface area (TPSA) is 108 Å². The maximum absolute atomic E-state index is 12.1. The molecular formula is C33H67N2O6P. The molecule has 0 radical (unpaired) electrons. The number of rotatable bonds is 30. The maximum Gasteiger partial charge on any atom is 0.268 e. The maximum atomic E-state index is 12.1. The molecule has 0 spiro atoms. The molecule has 2 N–H and O–H groups in total. The summed E-state index contributed by atoms with van der Waals surface area (Å²) in [6.07, 6.45) is 27.7. The van der Waals surface area contributed by atoms with Gasteiger partial charge in [-0.15, -0.1) is 0 Å². The smallest absolute Gasteiger partial charge is 0.268 e. The van der Waals surface area contributed by atoms with Crippen molar-refractivity contribution in [3.63, 3.8) is 0 Å². The van der Waals surface area contributed by atoms with Gasteiger partial charge in [0.25, 0.3) is 7.82 Å². The summed E-state index contributed by atoms with van der Waals surface area (Å²) in [4.78, 5) is 24.0. The van der Waals surface area contributed by atoms with Crippen LogP contribution in [0.1, 0.15) is 142 Å². The van der Waals surface area contributed by atoms with Crippen molar-refractivity contribution in [1.29, 1.82) is 0 Å². The predicted octanol–water partition coefficient (Wildman–Crippen LogP) is 7.44. The molecule has 0 fully saturated rings. The van der Waals surface area contributed by atoms with Crippen LogP contribution in [0.5, 0.6) is 0 Å². The van der Waals surface area contributed by atoms with Gasteiger partial charge in [0, 0.05) is 6.42 Å². The average molecular weight is 619 g/mol. The van der Waals surface area contributed by atoms with Crippen molar-refractivity contribution < 1.29 is 32.9 Å². The first kappa shape index (κ1) is 41.2. The van der Waals surface area contributed by atoms with Crippen molar-refractivity contribution in [3.8, 4) is 0 Å². The summed E-state index contributed by atoms with van der Waals surface area (Å²) < 4.78 is 22.6. The zero-order valence-corrected chi connectivity index (χ0v) is 28.9. The molecule has 0 aliphatic carbocycles. The highest BCUT2D eigenvalue weighted by molar-refractivity contribution is 7.45. The van der Waals surface area contributed by atoms with Gasteiger partial charge in [0.1, 0.15) is 13.2 Å². The fraction of sp³-hybridized carbons (Fsp3) is 0.909. The number of nitrogens with one attached hydrogen (secondary N) is 1. The Kier molecular flexibility index (Phi) is 26.1. The van der Waals surface area contributed by atoms with Gasteiger partial charge < -0.3 is 28.8 Å². The van der Waals surface area contributed by atoms with Crippen LogP contribution in [0, 0.1) is 0 Å². The lowest BCUT2D eigenvalue weighted by atomic mass is 10.0. The van der Waals surface area contributed by atoms with Crippen molar-refractivity contribution in [2.24, 2.45) is 0 Å². The number of carbonyl (C=O) groups is 1. The van der Waals surface area contributed by atoms with Gasteiger partial charge in [0.2, 0.25) is 5.91 Å². The molecule has 0 heterocycles. The normalized spacial score (nSPS) is 15.1. The molecule has 9 heteroatoms. The van der Waals surface area contributed by atoms with Crippen molar-refractivity contribution in [2.45, 2.75) is 154 Å². The van der Waals surface area contributed by atoms with Crippen LogP contribution < -0.4 is 10.2 Å². The average Bonchev–Trinajstić information content (AvgIpc) is 2.93. The SMILES string of the molecule is CCCCCCCCCCCCCCCCCCCC/C=C/C(O)C(COP(=O)([O-])OCC[N+](C)(C)C)NC(=O)CC. The number of allylic oxidation sites excluding steroid dienone is 1. The van der Waals surface area contributed by atoms with Gasteiger partial charge in [-0.2, -0.15) is 0 Å². The van der Waals surface area contributed by atoms with Crippen LogP contribution in [0.4, 0.5) is 0 Å². The molecule has 0 aromatic carbocycles. The van der Waals surface area contributed by atoms with Crippen LogP contribution in [0.25, 0.3) is 0 Å². The second-order valence-corrected chi connectivity index (χ2v) is 14.2. The first-order chi connectivity index (χ1) is 20.0. The van der Waals surface area contributed by atoms with Crippen molar-refractivity contribution >= 4 is 13.7 Å². The van der Waals surface area contributed by atoms with E-state index in [4.69, 9.17) is 9.05 Å². The molecule has 0 saturated carbocycles. The molecule has 3 unspecified atom stereocenters.